The summed E-state index contributed by atoms with van der Waals surface area (Å²) in [6.45, 7) is 3.32. The molecule has 0 atom stereocenters. The van der Waals surface area contributed by atoms with Crippen molar-refractivity contribution in [2.24, 2.45) is 0 Å². The molecule has 0 N–H and O–H groups in total. The molecule has 6 nitrogen and oxygen atoms in total. The van der Waals surface area contributed by atoms with E-state index in [4.69, 9.17) is 21.3 Å². The minimum absolute atomic E-state index is 0.0271. The van der Waals surface area contributed by atoms with Crippen LogP contribution in [0.3, 0.4) is 0 Å². The number of thiazole rings is 1. The van der Waals surface area contributed by atoms with Gasteiger partial charge in [0.25, 0.3) is 0 Å². The van der Waals surface area contributed by atoms with Crippen LogP contribution in [0.1, 0.15) is 12.0 Å². The van der Waals surface area contributed by atoms with Crippen molar-refractivity contribution in [1.29, 1.82) is 0 Å². The van der Waals surface area contributed by atoms with Crippen molar-refractivity contribution >= 4 is 56.0 Å². The number of hydrogen-bond acceptors (Lipinski definition) is 6. The second kappa shape index (κ2) is 10.4. The molecule has 0 fully saturated rings. The average molecular weight is 487 g/mol. The Labute approximate surface area is 200 Å². The van der Waals surface area contributed by atoms with E-state index in [2.05, 4.69) is 4.98 Å². The summed E-state index contributed by atoms with van der Waals surface area (Å²) in [7, 11) is 1.64. The number of ether oxygens (including phenoxy) is 1. The van der Waals surface area contributed by atoms with Crippen LogP contribution in [0.4, 0.5) is 5.13 Å². The molecule has 0 saturated heterocycles. The summed E-state index contributed by atoms with van der Waals surface area (Å²) in [5, 5.41) is 1.39. The van der Waals surface area contributed by atoms with Crippen LogP contribution in [-0.4, -0.2) is 39.8 Å². The number of benzene rings is 2. The van der Waals surface area contributed by atoms with Gasteiger partial charge in [0.2, 0.25) is 5.91 Å². The van der Waals surface area contributed by atoms with Crippen LogP contribution in [0, 0.1) is 6.92 Å². The van der Waals surface area contributed by atoms with E-state index in [1.54, 1.807) is 24.5 Å². The molecule has 0 unspecified atom stereocenters. The third-order valence-electron chi connectivity index (χ3n) is 5.05. The Morgan fingerprint density at radius 2 is 2.06 bits per heavy atom. The zero-order chi connectivity index (χ0) is 22.5. The zero-order valence-corrected chi connectivity index (χ0v) is 20.2. The summed E-state index contributed by atoms with van der Waals surface area (Å²) >= 11 is 9.31. The molecular formula is C23H23ClN4O2S2. The Morgan fingerprint density at radius 1 is 1.25 bits per heavy atom. The van der Waals surface area contributed by atoms with Crippen molar-refractivity contribution in [2.75, 3.05) is 24.3 Å². The van der Waals surface area contributed by atoms with E-state index >= 15 is 0 Å². The highest BCUT2D eigenvalue weighted by Crippen LogP contribution is 2.34. The van der Waals surface area contributed by atoms with Gasteiger partial charge >= 0.3 is 0 Å². The van der Waals surface area contributed by atoms with E-state index in [1.165, 1.54) is 23.1 Å². The molecule has 1 amide bonds. The molecule has 166 valence electrons. The van der Waals surface area contributed by atoms with Gasteiger partial charge in [0.1, 0.15) is 5.75 Å². The number of fused-ring (bicyclic) bond motifs is 1. The number of thioether (sulfide) groups is 1. The van der Waals surface area contributed by atoms with Gasteiger partial charge in [0.15, 0.2) is 5.13 Å². The second-order valence-electron chi connectivity index (χ2n) is 7.18. The summed E-state index contributed by atoms with van der Waals surface area (Å²) < 4.78 is 8.24. The van der Waals surface area contributed by atoms with Gasteiger partial charge < -0.3 is 9.30 Å². The summed E-state index contributed by atoms with van der Waals surface area (Å²) in [6, 6.07) is 11.6. The SMILES string of the molecule is COc1ccc(SCC(=O)N(CCCn2ccnc2)c2nc3c(C)c(Cl)ccc3s2)cc1. The Balaban J connectivity index is 1.52. The molecule has 0 aliphatic carbocycles. The molecule has 0 spiro atoms. The fourth-order valence-electron chi connectivity index (χ4n) is 3.26. The number of hydrogen-bond donors (Lipinski definition) is 0. The number of amides is 1. The molecule has 0 aliphatic heterocycles. The Hall–Kier alpha value is -2.55. The molecule has 2 aromatic heterocycles. The number of anilines is 1. The van der Waals surface area contributed by atoms with Gasteiger partial charge in [0.05, 0.1) is 29.4 Å². The molecule has 0 radical (unpaired) electrons. The lowest BCUT2D eigenvalue weighted by atomic mass is 10.2. The van der Waals surface area contributed by atoms with E-state index < -0.39 is 0 Å². The summed E-state index contributed by atoms with van der Waals surface area (Å²) in [5.74, 6) is 1.15. The van der Waals surface area contributed by atoms with Crippen LogP contribution in [-0.2, 0) is 11.3 Å². The Kier molecular flexibility index (Phi) is 7.34. The number of nitrogens with zero attached hydrogens (tertiary/aromatic N) is 4. The van der Waals surface area contributed by atoms with Crippen LogP contribution in [0.5, 0.6) is 5.75 Å². The van der Waals surface area contributed by atoms with Gasteiger partial charge in [-0.3, -0.25) is 9.69 Å². The first-order valence-electron chi connectivity index (χ1n) is 10.1. The number of aromatic nitrogens is 3. The molecule has 0 saturated carbocycles. The van der Waals surface area contributed by atoms with E-state index in [-0.39, 0.29) is 5.91 Å². The Morgan fingerprint density at radius 3 is 2.78 bits per heavy atom. The summed E-state index contributed by atoms with van der Waals surface area (Å²) in [5.41, 5.74) is 1.79. The maximum atomic E-state index is 13.3. The predicted octanol–water partition coefficient (Wildman–Crippen LogP) is 5.68. The first-order valence-corrected chi connectivity index (χ1v) is 12.3. The standard InChI is InChI=1S/C23H23ClN4O2S2/c1-16-19(24)8-9-20-22(16)26-23(32-20)28(12-3-11-27-13-10-25-15-27)21(29)14-31-18-6-4-17(30-2)5-7-18/h4-10,13,15H,3,11-12,14H2,1-2H3. The smallest absolute Gasteiger partial charge is 0.239 e. The largest absolute Gasteiger partial charge is 0.497 e. The second-order valence-corrected chi connectivity index (χ2v) is 9.64. The first kappa shape index (κ1) is 22.6. The van der Waals surface area contributed by atoms with E-state index in [0.717, 1.165) is 39.4 Å². The zero-order valence-electron chi connectivity index (χ0n) is 17.8. The number of halogens is 1. The molecular weight excluding hydrogens is 464 g/mol. The maximum Gasteiger partial charge on any atom is 0.239 e. The molecule has 4 aromatic rings. The van der Waals surface area contributed by atoms with Gasteiger partial charge in [-0.05, 0) is 55.3 Å². The number of carbonyl (C=O) groups excluding carboxylic acids is 1. The number of carbonyl (C=O) groups is 1. The van der Waals surface area contributed by atoms with E-state index in [1.807, 2.05) is 54.1 Å². The highest BCUT2D eigenvalue weighted by molar-refractivity contribution is 8.00. The average Bonchev–Trinajstić information content (AvgIpc) is 3.48. The molecule has 2 aromatic carbocycles. The molecule has 32 heavy (non-hydrogen) atoms. The number of imidazole rings is 1. The minimum atomic E-state index is 0.0271. The van der Waals surface area contributed by atoms with Gasteiger partial charge in [-0.1, -0.05) is 22.9 Å². The van der Waals surface area contributed by atoms with Crippen LogP contribution in [0.2, 0.25) is 5.02 Å². The van der Waals surface area contributed by atoms with Crippen molar-refractivity contribution < 1.29 is 9.53 Å². The van der Waals surface area contributed by atoms with Gasteiger partial charge in [-0.2, -0.15) is 0 Å². The van der Waals surface area contributed by atoms with Gasteiger partial charge in [-0.25, -0.2) is 9.97 Å². The van der Waals surface area contributed by atoms with Crippen molar-refractivity contribution in [3.8, 4) is 5.75 Å². The monoisotopic (exact) mass is 486 g/mol. The normalized spacial score (nSPS) is 11.1. The van der Waals surface area contributed by atoms with Crippen molar-refractivity contribution in [3.63, 3.8) is 0 Å². The summed E-state index contributed by atoms with van der Waals surface area (Å²) in [6.07, 6.45) is 6.27. The lowest BCUT2D eigenvalue weighted by molar-refractivity contribution is -0.116. The molecule has 4 rings (SSSR count). The maximum absolute atomic E-state index is 13.3. The number of rotatable bonds is 9. The summed E-state index contributed by atoms with van der Waals surface area (Å²) in [4.78, 5) is 24.9. The quantitative estimate of drug-likeness (QED) is 0.285. The van der Waals surface area contributed by atoms with Gasteiger partial charge in [-0.15, -0.1) is 11.8 Å². The van der Waals surface area contributed by atoms with Crippen molar-refractivity contribution in [1.82, 2.24) is 14.5 Å². The number of methoxy groups -OCH3 is 1. The molecule has 2 heterocycles. The van der Waals surface area contributed by atoms with E-state index in [9.17, 15) is 4.79 Å². The van der Waals surface area contributed by atoms with E-state index in [0.29, 0.717) is 22.5 Å². The fourth-order valence-corrected chi connectivity index (χ4v) is 5.25. The predicted molar refractivity (Wildman–Crippen MR) is 132 cm³/mol. The number of aryl methyl sites for hydroxylation is 2. The topological polar surface area (TPSA) is 60.2 Å². The third-order valence-corrected chi connectivity index (χ3v) is 7.50. The van der Waals surface area contributed by atoms with Gasteiger partial charge in [0, 0.05) is 35.4 Å². The molecule has 0 aliphatic rings. The third kappa shape index (κ3) is 5.26. The highest BCUT2D eigenvalue weighted by Gasteiger charge is 2.21. The first-order chi connectivity index (χ1) is 15.5. The Bertz CT molecular complexity index is 1190. The van der Waals surface area contributed by atoms with Crippen molar-refractivity contribution in [2.45, 2.75) is 24.8 Å². The van der Waals surface area contributed by atoms with Crippen LogP contribution < -0.4 is 9.64 Å². The van der Waals surface area contributed by atoms with Crippen LogP contribution >= 0.6 is 34.7 Å². The van der Waals surface area contributed by atoms with Crippen molar-refractivity contribution in [3.05, 3.63) is 65.7 Å². The fraction of sp³-hybridized carbons (Fsp3) is 0.261. The lowest BCUT2D eigenvalue weighted by Gasteiger charge is -2.20. The molecule has 9 heteroatoms. The van der Waals surface area contributed by atoms with Crippen LogP contribution in [0.25, 0.3) is 10.2 Å². The highest BCUT2D eigenvalue weighted by atomic mass is 35.5. The lowest BCUT2D eigenvalue weighted by Crippen LogP contribution is -2.33. The van der Waals surface area contributed by atoms with Crippen LogP contribution in [0.15, 0.2) is 60.0 Å². The molecule has 0 bridgehead atoms. The minimum Gasteiger partial charge on any atom is -0.497 e.